The molecule has 0 aromatic heterocycles. The first-order valence-electron chi connectivity index (χ1n) is 8.64. The van der Waals surface area contributed by atoms with E-state index in [1.165, 1.54) is 19.3 Å². The number of ketones is 2. The van der Waals surface area contributed by atoms with E-state index in [0.717, 1.165) is 56.3 Å². The number of carbonyl (C=O) groups excluding carboxylic acids is 2. The van der Waals surface area contributed by atoms with Crippen molar-refractivity contribution >= 4 is 11.6 Å². The number of hydrogen-bond acceptors (Lipinski definition) is 2. The third kappa shape index (κ3) is 1.69. The molecule has 0 saturated heterocycles. The van der Waals surface area contributed by atoms with Crippen molar-refractivity contribution in [3.05, 3.63) is 0 Å². The van der Waals surface area contributed by atoms with Crippen LogP contribution in [0.3, 0.4) is 0 Å². The maximum atomic E-state index is 12.3. The molecule has 0 amide bonds. The lowest BCUT2D eigenvalue weighted by atomic mass is 9.50. The highest BCUT2D eigenvalue weighted by Crippen LogP contribution is 2.61. The van der Waals surface area contributed by atoms with E-state index < -0.39 is 0 Å². The van der Waals surface area contributed by atoms with Gasteiger partial charge in [0.25, 0.3) is 0 Å². The van der Waals surface area contributed by atoms with Gasteiger partial charge in [-0.1, -0.05) is 6.92 Å². The molecule has 0 aromatic carbocycles. The van der Waals surface area contributed by atoms with E-state index in [-0.39, 0.29) is 5.41 Å². The van der Waals surface area contributed by atoms with Crippen LogP contribution in [-0.2, 0) is 9.59 Å². The van der Waals surface area contributed by atoms with Crippen molar-refractivity contribution in [1.82, 2.24) is 0 Å². The number of hydrogen-bond donors (Lipinski definition) is 0. The third-order valence-electron chi connectivity index (χ3n) is 7.47. The van der Waals surface area contributed by atoms with Crippen LogP contribution in [0, 0.1) is 35.0 Å². The highest BCUT2D eigenvalue weighted by Gasteiger charge is 2.56. The molecule has 0 N–H and O–H groups in total. The van der Waals surface area contributed by atoms with E-state index in [2.05, 4.69) is 6.92 Å². The van der Waals surface area contributed by atoms with Gasteiger partial charge in [0.2, 0.25) is 0 Å². The fourth-order valence-electron chi connectivity index (χ4n) is 6.43. The molecule has 0 aliphatic heterocycles. The lowest BCUT2D eigenvalue weighted by Gasteiger charge is -2.53. The number of Topliss-reactive ketones (excluding diaryl/α,β-unsaturated/α-hetero) is 2. The van der Waals surface area contributed by atoms with Gasteiger partial charge in [0.15, 0.2) is 0 Å². The maximum absolute atomic E-state index is 12.3. The Morgan fingerprint density at radius 3 is 2.60 bits per heavy atom. The lowest BCUT2D eigenvalue weighted by molar-refractivity contribution is -0.134. The van der Waals surface area contributed by atoms with Gasteiger partial charge in [-0.15, -0.1) is 0 Å². The Balaban J connectivity index is 1.59. The fourth-order valence-corrected chi connectivity index (χ4v) is 6.43. The van der Waals surface area contributed by atoms with Gasteiger partial charge in [-0.3, -0.25) is 9.59 Å². The summed E-state index contributed by atoms with van der Waals surface area (Å²) in [7, 11) is 0. The van der Waals surface area contributed by atoms with E-state index >= 15 is 0 Å². The van der Waals surface area contributed by atoms with Gasteiger partial charge in [-0.25, -0.2) is 0 Å². The van der Waals surface area contributed by atoms with Crippen molar-refractivity contribution in [3.8, 4) is 0 Å². The third-order valence-corrected chi connectivity index (χ3v) is 7.47. The average molecular weight is 274 g/mol. The molecule has 4 rings (SSSR count). The zero-order valence-corrected chi connectivity index (χ0v) is 12.6. The van der Waals surface area contributed by atoms with Gasteiger partial charge in [-0.05, 0) is 68.1 Å². The molecule has 0 spiro atoms. The Labute approximate surface area is 121 Å². The summed E-state index contributed by atoms with van der Waals surface area (Å²) >= 11 is 0. The van der Waals surface area contributed by atoms with Crippen molar-refractivity contribution < 1.29 is 9.59 Å². The second kappa shape index (κ2) is 4.42. The van der Waals surface area contributed by atoms with E-state index in [4.69, 9.17) is 0 Å². The van der Waals surface area contributed by atoms with Crippen molar-refractivity contribution in [2.45, 2.75) is 64.7 Å². The molecule has 4 fully saturated rings. The van der Waals surface area contributed by atoms with Crippen LogP contribution in [0.15, 0.2) is 0 Å². The zero-order chi connectivity index (χ0) is 13.9. The van der Waals surface area contributed by atoms with Crippen LogP contribution >= 0.6 is 0 Å². The smallest absolute Gasteiger partial charge is 0.139 e. The largest absolute Gasteiger partial charge is 0.300 e. The van der Waals surface area contributed by atoms with E-state index in [0.29, 0.717) is 23.4 Å². The maximum Gasteiger partial charge on any atom is 0.139 e. The Morgan fingerprint density at radius 2 is 1.75 bits per heavy atom. The quantitative estimate of drug-likeness (QED) is 0.673. The highest BCUT2D eigenvalue weighted by atomic mass is 16.1. The predicted octanol–water partition coefficient (Wildman–Crippen LogP) is 3.78. The molecule has 2 heteroatoms. The minimum Gasteiger partial charge on any atom is -0.300 e. The van der Waals surface area contributed by atoms with Crippen molar-refractivity contribution in [3.63, 3.8) is 0 Å². The second-order valence-corrected chi connectivity index (χ2v) is 8.13. The first-order chi connectivity index (χ1) is 9.59. The molecule has 6 atom stereocenters. The Kier molecular flexibility index (Phi) is 2.88. The van der Waals surface area contributed by atoms with Crippen LogP contribution in [0.2, 0.25) is 0 Å². The molecule has 0 bridgehead atoms. The first-order valence-corrected chi connectivity index (χ1v) is 8.64. The molecule has 20 heavy (non-hydrogen) atoms. The van der Waals surface area contributed by atoms with Gasteiger partial charge in [0, 0.05) is 24.7 Å². The number of carbonyl (C=O) groups is 2. The van der Waals surface area contributed by atoms with E-state index in [1.807, 2.05) is 0 Å². The molecular weight excluding hydrogens is 248 g/mol. The minimum atomic E-state index is 0.0124. The van der Waals surface area contributed by atoms with Crippen LogP contribution in [0.25, 0.3) is 0 Å². The zero-order valence-electron chi connectivity index (χ0n) is 12.6. The summed E-state index contributed by atoms with van der Waals surface area (Å²) in [5.74, 6) is 4.79. The van der Waals surface area contributed by atoms with Gasteiger partial charge in [0.1, 0.15) is 11.6 Å². The predicted molar refractivity (Wildman–Crippen MR) is 77.1 cm³/mol. The summed E-state index contributed by atoms with van der Waals surface area (Å²) in [4.78, 5) is 24.0. The summed E-state index contributed by atoms with van der Waals surface area (Å²) in [5.41, 5.74) is 0.0124. The van der Waals surface area contributed by atoms with Crippen molar-refractivity contribution in [1.29, 1.82) is 0 Å². The van der Waals surface area contributed by atoms with Crippen molar-refractivity contribution in [2.24, 2.45) is 35.0 Å². The second-order valence-electron chi connectivity index (χ2n) is 8.13. The molecule has 4 saturated carbocycles. The molecule has 0 heterocycles. The van der Waals surface area contributed by atoms with Crippen LogP contribution in [0.1, 0.15) is 64.7 Å². The standard InChI is InChI=1S/C18H26O2/c1-18-9-8-14-13-5-3-12(19)10-11(13)2-4-15(14)16(18)6-7-17(18)20/h11,13-16H,2-10H2,1H3/t11?,13?,14-,15?,16+,18?/m1/s1. The molecule has 110 valence electrons. The van der Waals surface area contributed by atoms with Gasteiger partial charge >= 0.3 is 0 Å². The average Bonchev–Trinajstić information content (AvgIpc) is 2.74. The summed E-state index contributed by atoms with van der Waals surface area (Å²) < 4.78 is 0. The number of fused-ring (bicyclic) bond motifs is 5. The topological polar surface area (TPSA) is 34.1 Å². The van der Waals surface area contributed by atoms with Crippen LogP contribution in [0.5, 0.6) is 0 Å². The normalized spacial score (nSPS) is 51.4. The highest BCUT2D eigenvalue weighted by molar-refractivity contribution is 5.87. The summed E-state index contributed by atoms with van der Waals surface area (Å²) in [6, 6.07) is 0. The fraction of sp³-hybridized carbons (Fsp3) is 0.889. The molecular formula is C18H26O2. The molecule has 0 aromatic rings. The molecule has 4 aliphatic rings. The molecule has 2 nitrogen and oxygen atoms in total. The Bertz CT molecular complexity index is 454. The minimum absolute atomic E-state index is 0.0124. The van der Waals surface area contributed by atoms with E-state index in [1.54, 1.807) is 0 Å². The summed E-state index contributed by atoms with van der Waals surface area (Å²) in [5, 5.41) is 0. The Hall–Kier alpha value is -0.660. The van der Waals surface area contributed by atoms with E-state index in [9.17, 15) is 9.59 Å². The molecule has 4 unspecified atom stereocenters. The van der Waals surface area contributed by atoms with Crippen molar-refractivity contribution in [2.75, 3.05) is 0 Å². The van der Waals surface area contributed by atoms with Gasteiger partial charge < -0.3 is 0 Å². The van der Waals surface area contributed by atoms with Crippen LogP contribution in [0.4, 0.5) is 0 Å². The lowest BCUT2D eigenvalue weighted by Crippen LogP contribution is -2.48. The van der Waals surface area contributed by atoms with Gasteiger partial charge in [-0.2, -0.15) is 0 Å². The summed E-state index contributed by atoms with van der Waals surface area (Å²) in [6.07, 6.45) is 9.70. The Morgan fingerprint density at radius 1 is 0.900 bits per heavy atom. The molecule has 4 aliphatic carbocycles. The van der Waals surface area contributed by atoms with Crippen LogP contribution < -0.4 is 0 Å². The monoisotopic (exact) mass is 274 g/mol. The summed E-state index contributed by atoms with van der Waals surface area (Å²) in [6.45, 7) is 2.25. The first kappa shape index (κ1) is 13.0. The number of rotatable bonds is 0. The SMILES string of the molecule is CC12CC[C@@H]3C4CCC(=O)CC4CCC3[C@@H]1CCC2=O. The van der Waals surface area contributed by atoms with Gasteiger partial charge in [0.05, 0.1) is 0 Å². The van der Waals surface area contributed by atoms with Crippen LogP contribution in [-0.4, -0.2) is 11.6 Å². The molecule has 0 radical (unpaired) electrons.